The molecule has 0 aliphatic carbocycles. The van der Waals surface area contributed by atoms with Crippen molar-refractivity contribution in [1.29, 1.82) is 0 Å². The largest absolute Gasteiger partial charge is 0.489 e. The third kappa shape index (κ3) is 5.67. The number of nitrogens with zero attached hydrogens (tertiary/aromatic N) is 2. The van der Waals surface area contributed by atoms with E-state index in [1.165, 1.54) is 14.1 Å². The second kappa shape index (κ2) is 10.3. The van der Waals surface area contributed by atoms with Crippen molar-refractivity contribution < 1.29 is 23.8 Å². The number of Topliss-reactive ketones (excluding diaryl/α,β-unsaturated/α-hetero) is 1. The van der Waals surface area contributed by atoms with Crippen LogP contribution in [0.2, 0.25) is 0 Å². The van der Waals surface area contributed by atoms with Gasteiger partial charge in [0.25, 0.3) is 5.56 Å². The molecule has 172 valence electrons. The molecule has 0 aliphatic heterocycles. The maximum absolute atomic E-state index is 12.3. The molecule has 0 aliphatic rings. The molecule has 0 fully saturated rings. The topological polar surface area (TPSA) is 132 Å². The normalized spacial score (nSPS) is 10.5. The van der Waals surface area contributed by atoms with Gasteiger partial charge < -0.3 is 19.9 Å². The molecule has 0 unspecified atom stereocenters. The SMILES string of the molecule is Cn1c(N)c(C(=O)COC(=O)COc2ccc(OCc3ccccc3)cc2)c(=O)n(C)c1=O. The lowest BCUT2D eigenvalue weighted by atomic mass is 10.2. The van der Waals surface area contributed by atoms with Crippen LogP contribution >= 0.6 is 0 Å². The summed E-state index contributed by atoms with van der Waals surface area (Å²) in [5.41, 5.74) is 4.80. The fraction of sp³-hybridized carbons (Fsp3) is 0.217. The number of nitrogen functional groups attached to an aromatic ring is 1. The van der Waals surface area contributed by atoms with Crippen molar-refractivity contribution in [3.63, 3.8) is 0 Å². The Morgan fingerprint density at radius 3 is 2.09 bits per heavy atom. The fourth-order valence-corrected chi connectivity index (χ4v) is 2.90. The third-order valence-corrected chi connectivity index (χ3v) is 4.78. The number of ether oxygens (including phenoxy) is 3. The summed E-state index contributed by atoms with van der Waals surface area (Å²) in [5, 5.41) is 0. The second-order valence-electron chi connectivity index (χ2n) is 7.08. The van der Waals surface area contributed by atoms with E-state index in [9.17, 15) is 19.2 Å². The maximum atomic E-state index is 12.3. The third-order valence-electron chi connectivity index (χ3n) is 4.78. The summed E-state index contributed by atoms with van der Waals surface area (Å²) in [5.74, 6) is -0.891. The van der Waals surface area contributed by atoms with E-state index < -0.39 is 41.8 Å². The summed E-state index contributed by atoms with van der Waals surface area (Å²) >= 11 is 0. The van der Waals surface area contributed by atoms with Crippen molar-refractivity contribution in [3.05, 3.63) is 86.6 Å². The van der Waals surface area contributed by atoms with Crippen LogP contribution in [0.25, 0.3) is 0 Å². The summed E-state index contributed by atoms with van der Waals surface area (Å²) in [6.45, 7) is -0.741. The molecule has 0 spiro atoms. The quantitative estimate of drug-likeness (QED) is 0.376. The van der Waals surface area contributed by atoms with Crippen molar-refractivity contribution in [1.82, 2.24) is 9.13 Å². The van der Waals surface area contributed by atoms with Gasteiger partial charge in [-0.25, -0.2) is 9.59 Å². The first-order valence-corrected chi connectivity index (χ1v) is 9.92. The van der Waals surface area contributed by atoms with Gasteiger partial charge in [-0.15, -0.1) is 0 Å². The first kappa shape index (κ1) is 23.3. The first-order valence-electron chi connectivity index (χ1n) is 9.92. The van der Waals surface area contributed by atoms with E-state index >= 15 is 0 Å². The monoisotopic (exact) mass is 453 g/mol. The molecule has 0 saturated heterocycles. The molecular formula is C23H23N3O7. The second-order valence-corrected chi connectivity index (χ2v) is 7.08. The standard InChI is InChI=1S/C23H23N3O7/c1-25-21(24)20(22(29)26(2)23(25)30)18(27)13-33-19(28)14-32-17-10-8-16(9-11-17)31-12-15-6-4-3-5-7-15/h3-11H,12-14,24H2,1-2H3. The number of carbonyl (C=O) groups is 2. The number of hydrogen-bond donors (Lipinski definition) is 1. The van der Waals surface area contributed by atoms with Crippen LogP contribution in [-0.2, 0) is 30.2 Å². The van der Waals surface area contributed by atoms with Crippen LogP contribution in [0.3, 0.4) is 0 Å². The van der Waals surface area contributed by atoms with Gasteiger partial charge in [-0.05, 0) is 29.8 Å². The van der Waals surface area contributed by atoms with Crippen LogP contribution in [0, 0.1) is 0 Å². The number of nitrogens with two attached hydrogens (primary N) is 1. The minimum atomic E-state index is -0.859. The molecule has 1 heterocycles. The predicted molar refractivity (Wildman–Crippen MR) is 119 cm³/mol. The van der Waals surface area contributed by atoms with Gasteiger partial charge in [0.05, 0.1) is 0 Å². The number of carbonyl (C=O) groups excluding carboxylic acids is 2. The number of rotatable bonds is 9. The van der Waals surface area contributed by atoms with Crippen molar-refractivity contribution in [2.45, 2.75) is 6.61 Å². The Labute approximate surface area is 188 Å². The molecule has 10 nitrogen and oxygen atoms in total. The van der Waals surface area contributed by atoms with Gasteiger partial charge in [-0.2, -0.15) is 0 Å². The van der Waals surface area contributed by atoms with E-state index in [4.69, 9.17) is 19.9 Å². The molecule has 2 N–H and O–H groups in total. The lowest BCUT2D eigenvalue weighted by Gasteiger charge is -2.11. The Morgan fingerprint density at radius 2 is 1.45 bits per heavy atom. The van der Waals surface area contributed by atoms with Crippen LogP contribution in [0.1, 0.15) is 15.9 Å². The maximum Gasteiger partial charge on any atom is 0.344 e. The zero-order chi connectivity index (χ0) is 24.0. The van der Waals surface area contributed by atoms with Gasteiger partial charge in [0.15, 0.2) is 13.2 Å². The molecular weight excluding hydrogens is 430 g/mol. The summed E-state index contributed by atoms with van der Waals surface area (Å²) in [6.07, 6.45) is 0. The lowest BCUT2D eigenvalue weighted by molar-refractivity contribution is -0.144. The molecule has 33 heavy (non-hydrogen) atoms. The highest BCUT2D eigenvalue weighted by molar-refractivity contribution is 6.01. The van der Waals surface area contributed by atoms with E-state index in [-0.39, 0.29) is 5.82 Å². The summed E-state index contributed by atoms with van der Waals surface area (Å²) in [7, 11) is 2.55. The Kier molecular flexibility index (Phi) is 7.29. The van der Waals surface area contributed by atoms with E-state index in [1.54, 1.807) is 24.3 Å². The van der Waals surface area contributed by atoms with E-state index in [2.05, 4.69) is 0 Å². The minimum absolute atomic E-state index is 0.296. The van der Waals surface area contributed by atoms with Crippen LogP contribution in [0.4, 0.5) is 5.82 Å². The molecule has 1 aromatic heterocycles. The molecule has 3 rings (SSSR count). The molecule has 0 radical (unpaired) electrons. The lowest BCUT2D eigenvalue weighted by Crippen LogP contribution is -2.42. The molecule has 3 aromatic rings. The van der Waals surface area contributed by atoms with Crippen molar-refractivity contribution in [2.24, 2.45) is 14.1 Å². The van der Waals surface area contributed by atoms with Gasteiger partial charge in [-0.1, -0.05) is 30.3 Å². The highest BCUT2D eigenvalue weighted by atomic mass is 16.6. The minimum Gasteiger partial charge on any atom is -0.489 e. The Hall–Kier alpha value is -4.34. The van der Waals surface area contributed by atoms with E-state index in [0.717, 1.165) is 14.7 Å². The highest BCUT2D eigenvalue weighted by Crippen LogP contribution is 2.18. The first-order chi connectivity index (χ1) is 15.8. The summed E-state index contributed by atoms with van der Waals surface area (Å²) in [4.78, 5) is 48.3. The van der Waals surface area contributed by atoms with Crippen molar-refractivity contribution >= 4 is 17.6 Å². The van der Waals surface area contributed by atoms with Crippen LogP contribution in [-0.4, -0.2) is 34.1 Å². The number of hydrogen-bond acceptors (Lipinski definition) is 8. The van der Waals surface area contributed by atoms with Crippen LogP contribution in [0.5, 0.6) is 11.5 Å². The van der Waals surface area contributed by atoms with Crippen molar-refractivity contribution in [2.75, 3.05) is 18.9 Å². The van der Waals surface area contributed by atoms with Crippen molar-refractivity contribution in [3.8, 4) is 11.5 Å². The number of ketones is 1. The number of esters is 1. The molecule has 0 atom stereocenters. The summed E-state index contributed by atoms with van der Waals surface area (Å²) in [6, 6.07) is 16.4. The number of anilines is 1. The predicted octanol–water partition coefficient (Wildman–Crippen LogP) is 1.05. The average Bonchev–Trinajstić information content (AvgIpc) is 2.84. The van der Waals surface area contributed by atoms with Gasteiger partial charge in [0, 0.05) is 14.1 Å². The Morgan fingerprint density at radius 1 is 0.848 bits per heavy atom. The highest BCUT2D eigenvalue weighted by Gasteiger charge is 2.21. The molecule has 0 bridgehead atoms. The van der Waals surface area contributed by atoms with Gasteiger partial charge in [0.1, 0.15) is 29.5 Å². The Bertz CT molecular complexity index is 1260. The number of aromatic nitrogens is 2. The van der Waals surface area contributed by atoms with Gasteiger partial charge >= 0.3 is 11.7 Å². The molecule has 0 saturated carbocycles. The Balaban J connectivity index is 1.49. The van der Waals surface area contributed by atoms with Crippen LogP contribution in [0.15, 0.2) is 64.2 Å². The van der Waals surface area contributed by atoms with Gasteiger partial charge in [0.2, 0.25) is 5.78 Å². The molecule has 10 heteroatoms. The molecule has 0 amide bonds. The zero-order valence-corrected chi connectivity index (χ0v) is 18.1. The molecule has 2 aromatic carbocycles. The fourth-order valence-electron chi connectivity index (χ4n) is 2.90. The van der Waals surface area contributed by atoms with E-state index in [0.29, 0.717) is 18.1 Å². The zero-order valence-electron chi connectivity index (χ0n) is 18.1. The smallest absolute Gasteiger partial charge is 0.344 e. The average molecular weight is 453 g/mol. The van der Waals surface area contributed by atoms with E-state index in [1.807, 2.05) is 30.3 Å². The summed E-state index contributed by atoms with van der Waals surface area (Å²) < 4.78 is 17.6. The van der Waals surface area contributed by atoms with Gasteiger partial charge in [-0.3, -0.25) is 18.7 Å². The number of benzene rings is 2. The van der Waals surface area contributed by atoms with Crippen LogP contribution < -0.4 is 26.5 Å².